The van der Waals surface area contributed by atoms with Gasteiger partial charge in [0.15, 0.2) is 0 Å². The van der Waals surface area contributed by atoms with Crippen LogP contribution in [0.25, 0.3) is 0 Å². The van der Waals surface area contributed by atoms with E-state index in [2.05, 4.69) is 4.99 Å². The molecule has 0 aliphatic carbocycles. The van der Waals surface area contributed by atoms with E-state index >= 15 is 0 Å². The average Bonchev–Trinajstić information content (AvgIpc) is 2.01. The zero-order chi connectivity index (χ0) is 8.20. The Morgan fingerprint density at radius 3 is 1.82 bits per heavy atom. The zero-order valence-electron chi connectivity index (χ0n) is 7.61. The van der Waals surface area contributed by atoms with Gasteiger partial charge in [0.25, 0.3) is 0 Å². The Morgan fingerprint density at radius 1 is 1.36 bits per heavy atom. The molecule has 0 aromatic rings. The largest absolute Gasteiger partial charge is 0.384 e. The van der Waals surface area contributed by atoms with E-state index in [0.717, 1.165) is 18.6 Å². The molecule has 71 valence electrons. The minimum Gasteiger partial charge on any atom is -0.384 e. The van der Waals surface area contributed by atoms with Gasteiger partial charge < -0.3 is 5.11 Å². The Kier molecular flexibility index (Phi) is 8.40. The van der Waals surface area contributed by atoms with Crippen molar-refractivity contribution in [1.29, 1.82) is 0 Å². The van der Waals surface area contributed by atoms with E-state index < -0.39 is 5.60 Å². The molecule has 0 aliphatic rings. The molecule has 1 N–H and O–H groups in total. The van der Waals surface area contributed by atoms with E-state index in [1.54, 1.807) is 7.05 Å². The second-order valence-electron chi connectivity index (χ2n) is 2.55. The van der Waals surface area contributed by atoms with E-state index in [1.807, 2.05) is 20.8 Å². The van der Waals surface area contributed by atoms with Crippen LogP contribution in [0.1, 0.15) is 33.6 Å². The predicted octanol–water partition coefficient (Wildman–Crippen LogP) is 1.63. The first-order chi connectivity index (χ1) is 4.60. The van der Waals surface area contributed by atoms with Gasteiger partial charge in [0.1, 0.15) is 5.60 Å². The fourth-order valence-corrected chi connectivity index (χ4v) is 0.970. The second kappa shape index (κ2) is 6.41. The summed E-state index contributed by atoms with van der Waals surface area (Å²) in [4.78, 5) is 3.97. The number of rotatable bonds is 3. The summed E-state index contributed by atoms with van der Waals surface area (Å²) in [6.07, 6.45) is 1.49. The van der Waals surface area contributed by atoms with Crippen LogP contribution in [0.5, 0.6) is 0 Å². The maximum Gasteiger partial charge on any atom is 0.101 e. The molecule has 0 unspecified atom stereocenters. The van der Waals surface area contributed by atoms with E-state index in [0.29, 0.717) is 0 Å². The first kappa shape index (κ1) is 14.4. The number of aliphatic hydroxyl groups is 1. The number of nitrogens with zero attached hydrogens (tertiary/aromatic N) is 1. The SMILES string of the molecule is CCC(O)(CC)C(C)=NC.[Ho]. The topological polar surface area (TPSA) is 32.6 Å². The van der Waals surface area contributed by atoms with Crippen LogP contribution >= 0.6 is 0 Å². The van der Waals surface area contributed by atoms with Gasteiger partial charge in [0.05, 0.1) is 0 Å². The Hall–Kier alpha value is 0.890. The van der Waals surface area contributed by atoms with Gasteiger partial charge in [-0.2, -0.15) is 0 Å². The molecule has 0 rings (SSSR count). The summed E-state index contributed by atoms with van der Waals surface area (Å²) in [6, 6.07) is 0. The van der Waals surface area contributed by atoms with Crippen molar-refractivity contribution in [2.75, 3.05) is 7.05 Å². The minimum atomic E-state index is -0.658. The number of hydrogen-bond acceptors (Lipinski definition) is 2. The Bertz CT molecular complexity index is 130. The molecular weight excluding hydrogens is 291 g/mol. The zero-order valence-corrected chi connectivity index (χ0v) is 9.54. The van der Waals surface area contributed by atoms with Crippen molar-refractivity contribution in [3.05, 3.63) is 0 Å². The fraction of sp³-hybridized carbons (Fsp3) is 0.875. The van der Waals surface area contributed by atoms with E-state index in [1.165, 1.54) is 0 Å². The monoisotopic (exact) mass is 308 g/mol. The first-order valence-corrected chi connectivity index (χ1v) is 3.77. The van der Waals surface area contributed by atoms with Gasteiger partial charge in [0, 0.05) is 50.5 Å². The fourth-order valence-electron chi connectivity index (χ4n) is 0.970. The van der Waals surface area contributed by atoms with Gasteiger partial charge >= 0.3 is 0 Å². The molecule has 2 nitrogen and oxygen atoms in total. The van der Waals surface area contributed by atoms with Crippen molar-refractivity contribution < 1.29 is 42.8 Å². The standard InChI is InChI=1S/C8H17NO.Ho/c1-5-8(10,6-2)7(3)9-4;/h10H,5-6H2,1-4H3;. The van der Waals surface area contributed by atoms with Gasteiger partial charge in [-0.25, -0.2) is 0 Å². The van der Waals surface area contributed by atoms with Crippen LogP contribution in [0.3, 0.4) is 0 Å². The molecule has 11 heavy (non-hydrogen) atoms. The molecule has 0 aromatic heterocycles. The molecule has 1 radical (unpaired) electrons. The van der Waals surface area contributed by atoms with E-state index in [4.69, 9.17) is 0 Å². The molecule has 0 saturated carbocycles. The summed E-state index contributed by atoms with van der Waals surface area (Å²) in [5, 5.41) is 9.77. The van der Waals surface area contributed by atoms with Crippen LogP contribution in [-0.4, -0.2) is 23.5 Å². The number of aliphatic imine (C=N–C) groups is 1. The molecule has 0 spiro atoms. The van der Waals surface area contributed by atoms with Crippen molar-refractivity contribution in [2.24, 2.45) is 4.99 Å². The molecule has 0 amide bonds. The minimum absolute atomic E-state index is 0. The van der Waals surface area contributed by atoms with Crippen LogP contribution in [0.15, 0.2) is 4.99 Å². The Morgan fingerprint density at radius 2 is 1.73 bits per heavy atom. The molecule has 0 aliphatic heterocycles. The average molecular weight is 308 g/mol. The van der Waals surface area contributed by atoms with Crippen LogP contribution in [0, 0.1) is 37.7 Å². The molecule has 0 fully saturated rings. The van der Waals surface area contributed by atoms with Gasteiger partial charge in [0.2, 0.25) is 0 Å². The molecule has 0 aromatic carbocycles. The van der Waals surface area contributed by atoms with Gasteiger partial charge in [-0.1, -0.05) is 13.8 Å². The van der Waals surface area contributed by atoms with Crippen molar-refractivity contribution in [1.82, 2.24) is 0 Å². The molecule has 0 saturated heterocycles. The molecule has 0 bridgehead atoms. The third-order valence-corrected chi connectivity index (χ3v) is 2.18. The quantitative estimate of drug-likeness (QED) is 0.624. The van der Waals surface area contributed by atoms with Crippen molar-refractivity contribution in [3.63, 3.8) is 0 Å². The van der Waals surface area contributed by atoms with Crippen LogP contribution in [-0.2, 0) is 0 Å². The molecule has 0 atom stereocenters. The maximum absolute atomic E-state index is 9.77. The van der Waals surface area contributed by atoms with Crippen molar-refractivity contribution >= 4 is 5.71 Å². The third-order valence-electron chi connectivity index (χ3n) is 2.18. The molecular formula is C8H17HoNO. The smallest absolute Gasteiger partial charge is 0.101 e. The molecule has 3 heteroatoms. The van der Waals surface area contributed by atoms with Crippen molar-refractivity contribution in [3.8, 4) is 0 Å². The normalized spacial score (nSPS) is 12.6. The summed E-state index contributed by atoms with van der Waals surface area (Å²) < 4.78 is 0. The summed E-state index contributed by atoms with van der Waals surface area (Å²) in [5.74, 6) is 0. The maximum atomic E-state index is 9.77. The van der Waals surface area contributed by atoms with Crippen molar-refractivity contribution in [2.45, 2.75) is 39.2 Å². The van der Waals surface area contributed by atoms with Crippen LogP contribution < -0.4 is 0 Å². The third kappa shape index (κ3) is 3.88. The summed E-state index contributed by atoms with van der Waals surface area (Å²) in [5.41, 5.74) is 0.173. The summed E-state index contributed by atoms with van der Waals surface area (Å²) >= 11 is 0. The van der Waals surface area contributed by atoms with E-state index in [9.17, 15) is 5.11 Å². The first-order valence-electron chi connectivity index (χ1n) is 3.77. The Balaban J connectivity index is 0. The van der Waals surface area contributed by atoms with E-state index in [-0.39, 0.29) is 37.7 Å². The van der Waals surface area contributed by atoms with Gasteiger partial charge in [-0.05, 0) is 19.8 Å². The van der Waals surface area contributed by atoms with Gasteiger partial charge in [-0.3, -0.25) is 4.99 Å². The summed E-state index contributed by atoms with van der Waals surface area (Å²) in [6.45, 7) is 5.81. The molecule has 0 heterocycles. The Labute approximate surface area is 99.1 Å². The van der Waals surface area contributed by atoms with Crippen LogP contribution in [0.4, 0.5) is 0 Å². The number of hydrogen-bond donors (Lipinski definition) is 1. The summed E-state index contributed by atoms with van der Waals surface area (Å²) in [7, 11) is 1.71. The predicted molar refractivity (Wildman–Crippen MR) is 44.6 cm³/mol. The van der Waals surface area contributed by atoms with Gasteiger partial charge in [-0.15, -0.1) is 0 Å². The second-order valence-corrected chi connectivity index (χ2v) is 2.55. The van der Waals surface area contributed by atoms with Crippen LogP contribution in [0.2, 0.25) is 0 Å².